The molecule has 2 saturated carbocycles. The molecule has 4 atom stereocenters. The number of aliphatic imine (C=N–C) groups is 1. The Labute approximate surface area is 126 Å². The van der Waals surface area contributed by atoms with E-state index in [-0.39, 0.29) is 0 Å². The van der Waals surface area contributed by atoms with Crippen molar-refractivity contribution in [1.82, 2.24) is 5.43 Å². The van der Waals surface area contributed by atoms with E-state index in [4.69, 9.17) is 9.73 Å². The lowest BCUT2D eigenvalue weighted by atomic mass is 9.68. The fraction of sp³-hybridized carbons (Fsp3) is 0.588. The maximum Gasteiger partial charge on any atom is 0.119 e. The van der Waals surface area contributed by atoms with Crippen molar-refractivity contribution in [3.8, 4) is 5.75 Å². The molecule has 4 nitrogen and oxygen atoms in total. The van der Waals surface area contributed by atoms with Gasteiger partial charge in [0.15, 0.2) is 0 Å². The minimum absolute atomic E-state index is 0.557. The van der Waals surface area contributed by atoms with Gasteiger partial charge in [0.1, 0.15) is 11.6 Å². The van der Waals surface area contributed by atoms with Crippen LogP contribution in [0.3, 0.4) is 0 Å². The molecule has 0 radical (unpaired) electrons. The molecule has 4 heteroatoms. The van der Waals surface area contributed by atoms with Crippen LogP contribution in [0.4, 0.5) is 5.69 Å². The molecule has 4 bridgehead atoms. The fourth-order valence-electron chi connectivity index (χ4n) is 4.39. The number of methoxy groups -OCH3 is 1. The molecule has 2 N–H and O–H groups in total. The summed E-state index contributed by atoms with van der Waals surface area (Å²) < 4.78 is 5.18. The average molecular weight is 285 g/mol. The Kier molecular flexibility index (Phi) is 3.24. The van der Waals surface area contributed by atoms with Gasteiger partial charge in [-0.05, 0) is 68.2 Å². The quantitative estimate of drug-likeness (QED) is 0.838. The monoisotopic (exact) mass is 285 g/mol. The molecule has 21 heavy (non-hydrogen) atoms. The van der Waals surface area contributed by atoms with Crippen LogP contribution >= 0.6 is 0 Å². The van der Waals surface area contributed by atoms with Crippen LogP contribution in [0, 0.1) is 17.8 Å². The molecule has 2 heterocycles. The van der Waals surface area contributed by atoms with Gasteiger partial charge in [-0.25, -0.2) is 0 Å². The Balaban J connectivity index is 1.44. The second kappa shape index (κ2) is 5.24. The summed E-state index contributed by atoms with van der Waals surface area (Å²) in [6.07, 6.45) is 6.70. The van der Waals surface area contributed by atoms with Crippen LogP contribution in [0.15, 0.2) is 29.3 Å². The normalized spacial score (nSPS) is 33.3. The first-order valence-corrected chi connectivity index (χ1v) is 8.04. The van der Waals surface area contributed by atoms with Gasteiger partial charge >= 0.3 is 0 Å². The van der Waals surface area contributed by atoms with Crippen molar-refractivity contribution in [1.29, 1.82) is 0 Å². The minimum atomic E-state index is 0.557. The van der Waals surface area contributed by atoms with E-state index in [1.807, 2.05) is 24.3 Å². The topological polar surface area (TPSA) is 45.6 Å². The van der Waals surface area contributed by atoms with Crippen molar-refractivity contribution in [2.24, 2.45) is 22.7 Å². The zero-order valence-electron chi connectivity index (χ0n) is 12.5. The second-order valence-corrected chi connectivity index (χ2v) is 6.75. The molecular formula is C17H23N3O. The smallest absolute Gasteiger partial charge is 0.119 e. The predicted molar refractivity (Wildman–Crippen MR) is 84.5 cm³/mol. The highest BCUT2D eigenvalue weighted by molar-refractivity contribution is 5.86. The lowest BCUT2D eigenvalue weighted by Crippen LogP contribution is -2.37. The fourth-order valence-corrected chi connectivity index (χ4v) is 4.39. The molecule has 4 aliphatic rings. The molecule has 2 aliphatic carbocycles. The highest BCUT2D eigenvalue weighted by Gasteiger charge is 2.40. The molecule has 112 valence electrons. The molecule has 5 rings (SSSR count). The zero-order chi connectivity index (χ0) is 14.2. The molecule has 0 spiro atoms. The van der Waals surface area contributed by atoms with Gasteiger partial charge in [0.05, 0.1) is 18.8 Å². The summed E-state index contributed by atoms with van der Waals surface area (Å²) in [6.45, 7) is 0. The van der Waals surface area contributed by atoms with E-state index in [0.29, 0.717) is 12.0 Å². The third-order valence-corrected chi connectivity index (χ3v) is 5.25. The largest absolute Gasteiger partial charge is 0.497 e. The predicted octanol–water partition coefficient (Wildman–Crippen LogP) is 3.22. The third-order valence-electron chi connectivity index (χ3n) is 5.25. The van der Waals surface area contributed by atoms with Crippen LogP contribution in [0.5, 0.6) is 5.75 Å². The van der Waals surface area contributed by atoms with E-state index >= 15 is 0 Å². The van der Waals surface area contributed by atoms with Gasteiger partial charge in [-0.2, -0.15) is 0 Å². The van der Waals surface area contributed by atoms with E-state index in [9.17, 15) is 0 Å². The van der Waals surface area contributed by atoms with Gasteiger partial charge in [0.25, 0.3) is 0 Å². The van der Waals surface area contributed by atoms with Crippen molar-refractivity contribution in [2.45, 2.75) is 38.1 Å². The van der Waals surface area contributed by atoms with Crippen molar-refractivity contribution in [3.63, 3.8) is 0 Å². The van der Waals surface area contributed by atoms with Crippen LogP contribution in [0.2, 0.25) is 0 Å². The van der Waals surface area contributed by atoms with E-state index in [2.05, 4.69) is 10.9 Å². The van der Waals surface area contributed by atoms with Gasteiger partial charge in [-0.1, -0.05) is 0 Å². The van der Waals surface area contributed by atoms with Crippen LogP contribution in [-0.2, 0) is 0 Å². The molecule has 0 saturated heterocycles. The maximum absolute atomic E-state index is 5.18. The number of nitrogens with zero attached hydrogens (tertiary/aromatic N) is 1. The van der Waals surface area contributed by atoms with Crippen molar-refractivity contribution in [3.05, 3.63) is 24.3 Å². The first kappa shape index (κ1) is 13.0. The zero-order valence-corrected chi connectivity index (χ0v) is 12.5. The number of ether oxygens (including phenoxy) is 1. The molecule has 2 aliphatic heterocycles. The molecular weight excluding hydrogens is 262 g/mol. The summed E-state index contributed by atoms with van der Waals surface area (Å²) in [7, 11) is 1.69. The molecule has 2 fully saturated rings. The van der Waals surface area contributed by atoms with Crippen LogP contribution in [0.25, 0.3) is 0 Å². The molecule has 0 aromatic heterocycles. The van der Waals surface area contributed by atoms with E-state index < -0.39 is 0 Å². The highest BCUT2D eigenvalue weighted by Crippen LogP contribution is 2.46. The lowest BCUT2D eigenvalue weighted by Gasteiger charge is -2.37. The average Bonchev–Trinajstić information content (AvgIpc) is 2.69. The minimum Gasteiger partial charge on any atom is -0.497 e. The van der Waals surface area contributed by atoms with Crippen LogP contribution in [-0.4, -0.2) is 19.0 Å². The van der Waals surface area contributed by atoms with Crippen LogP contribution < -0.4 is 15.6 Å². The summed E-state index contributed by atoms with van der Waals surface area (Å²) in [5.41, 5.74) is 7.73. The number of hydrogen-bond donors (Lipinski definition) is 2. The Morgan fingerprint density at radius 1 is 0.952 bits per heavy atom. The van der Waals surface area contributed by atoms with Crippen LogP contribution in [0.1, 0.15) is 32.1 Å². The Hall–Kier alpha value is -1.71. The number of anilines is 1. The summed E-state index contributed by atoms with van der Waals surface area (Å²) >= 11 is 0. The molecule has 1 aromatic carbocycles. The maximum atomic E-state index is 5.18. The van der Waals surface area contributed by atoms with Crippen molar-refractivity contribution < 1.29 is 4.74 Å². The van der Waals surface area contributed by atoms with Gasteiger partial charge in [-0.3, -0.25) is 15.8 Å². The summed E-state index contributed by atoms with van der Waals surface area (Å²) in [6, 6.07) is 8.53. The second-order valence-electron chi connectivity index (χ2n) is 6.75. The van der Waals surface area contributed by atoms with Crippen molar-refractivity contribution >= 4 is 11.5 Å². The van der Waals surface area contributed by atoms with Crippen molar-refractivity contribution in [2.75, 3.05) is 12.5 Å². The number of benzene rings is 1. The molecule has 1 aromatic rings. The van der Waals surface area contributed by atoms with Gasteiger partial charge < -0.3 is 4.74 Å². The van der Waals surface area contributed by atoms with Gasteiger partial charge in [0.2, 0.25) is 0 Å². The van der Waals surface area contributed by atoms with Gasteiger partial charge in [0, 0.05) is 5.92 Å². The number of hydrazine groups is 1. The first-order valence-electron chi connectivity index (χ1n) is 8.04. The molecule has 2 unspecified atom stereocenters. The standard InChI is InChI=1S/C17H23N3O/c1-21-16-4-2-14(3-5-16)19-20-17-13-7-11-6-12(8-13)10-15(9-11)18-17/h2-5,11-13,15,19H,6-10H2,1H3,(H,18,20)/t11-,12+,13?,15?. The number of amidine groups is 1. The summed E-state index contributed by atoms with van der Waals surface area (Å²) in [5, 5.41) is 0. The lowest BCUT2D eigenvalue weighted by molar-refractivity contribution is 0.161. The first-order chi connectivity index (χ1) is 10.3. The van der Waals surface area contributed by atoms with E-state index in [0.717, 1.165) is 23.3 Å². The number of hydrogen-bond acceptors (Lipinski definition) is 4. The Bertz CT molecular complexity index is 525. The Morgan fingerprint density at radius 2 is 1.67 bits per heavy atom. The third kappa shape index (κ3) is 2.59. The SMILES string of the molecule is COc1ccc(NNC2=NC3C[C@@H]4CC2C[C@H](C3)C4)cc1. The van der Waals surface area contributed by atoms with Gasteiger partial charge in [-0.15, -0.1) is 0 Å². The van der Waals surface area contributed by atoms with E-state index in [1.165, 1.54) is 37.9 Å². The number of rotatable bonds is 3. The molecule has 0 amide bonds. The summed E-state index contributed by atoms with van der Waals surface area (Å²) in [5.74, 6) is 4.52. The number of nitrogens with one attached hydrogen (secondary N) is 2. The van der Waals surface area contributed by atoms with E-state index in [1.54, 1.807) is 7.11 Å². The Morgan fingerprint density at radius 3 is 2.33 bits per heavy atom. The summed E-state index contributed by atoms with van der Waals surface area (Å²) in [4.78, 5) is 4.99. The highest BCUT2D eigenvalue weighted by atomic mass is 16.5.